The molecule has 3 atom stereocenters. The minimum absolute atomic E-state index is 0.157. The van der Waals surface area contributed by atoms with Gasteiger partial charge in [0.25, 0.3) is 0 Å². The maximum absolute atomic E-state index is 12.2. The monoisotopic (exact) mass is 556 g/mol. The molecule has 0 bridgehead atoms. The number of fused-ring (bicyclic) bond motifs is 1. The molecule has 0 saturated carbocycles. The smallest absolute Gasteiger partial charge is 0.320 e. The first kappa shape index (κ1) is 29.2. The number of aromatic hydroxyl groups is 1. The molecule has 0 spiro atoms. The van der Waals surface area contributed by atoms with Crippen LogP contribution in [-0.2, 0) is 16.0 Å². The normalized spacial score (nSPS) is 20.7. The van der Waals surface area contributed by atoms with Crippen molar-refractivity contribution < 1.29 is 19.4 Å². The Morgan fingerprint density at radius 1 is 0.951 bits per heavy atom. The summed E-state index contributed by atoms with van der Waals surface area (Å²) >= 11 is 0. The SMILES string of the molecule is CC(COc1ccc(C2c3ccc(O)cc3CCC2c2ccccc2)cc1)N1CCN(CC(=O)OC(C)(C)C)CC1. The van der Waals surface area contributed by atoms with E-state index in [2.05, 4.69) is 77.4 Å². The Hall–Kier alpha value is -3.35. The second kappa shape index (κ2) is 12.7. The number of carbonyl (C=O) groups is 1. The van der Waals surface area contributed by atoms with Crippen LogP contribution >= 0.6 is 0 Å². The molecule has 5 rings (SSSR count). The van der Waals surface area contributed by atoms with Gasteiger partial charge in [-0.15, -0.1) is 0 Å². The van der Waals surface area contributed by atoms with Crippen molar-refractivity contribution >= 4 is 5.97 Å². The standard InChI is InChI=1S/C35H44N2O4/c1-25(37-20-18-36(19-21-37)23-33(39)41-35(2,3)4)24-40-30-14-10-27(11-15-30)34-31(26-8-6-5-7-9-26)16-12-28-22-29(38)13-17-32(28)34/h5-11,13-15,17,22,25,31,34,38H,12,16,18-21,23-24H2,1-4H3. The van der Waals surface area contributed by atoms with Crippen molar-refractivity contribution in [1.82, 2.24) is 9.80 Å². The molecule has 1 heterocycles. The Labute approximate surface area is 244 Å². The molecule has 1 aliphatic heterocycles. The maximum Gasteiger partial charge on any atom is 0.320 e. The summed E-state index contributed by atoms with van der Waals surface area (Å²) in [7, 11) is 0. The number of hydrogen-bond acceptors (Lipinski definition) is 6. The minimum Gasteiger partial charge on any atom is -0.508 e. The highest BCUT2D eigenvalue weighted by molar-refractivity contribution is 5.72. The van der Waals surface area contributed by atoms with Crippen molar-refractivity contribution in [2.75, 3.05) is 39.3 Å². The third-order valence-electron chi connectivity index (χ3n) is 8.35. The van der Waals surface area contributed by atoms with E-state index in [1.54, 1.807) is 0 Å². The van der Waals surface area contributed by atoms with Gasteiger partial charge in [-0.05, 0) is 93.0 Å². The molecule has 3 aromatic carbocycles. The lowest BCUT2D eigenvalue weighted by Crippen LogP contribution is -2.52. The van der Waals surface area contributed by atoms with E-state index in [0.29, 0.717) is 24.8 Å². The van der Waals surface area contributed by atoms with E-state index in [1.165, 1.54) is 22.3 Å². The second-order valence-corrected chi connectivity index (χ2v) is 12.5. The van der Waals surface area contributed by atoms with Crippen LogP contribution in [0.25, 0.3) is 0 Å². The molecule has 0 aromatic heterocycles. The van der Waals surface area contributed by atoms with Crippen LogP contribution in [0.1, 0.15) is 68.2 Å². The predicted octanol–water partition coefficient (Wildman–Crippen LogP) is 5.98. The van der Waals surface area contributed by atoms with Crippen molar-refractivity contribution in [3.8, 4) is 11.5 Å². The summed E-state index contributed by atoms with van der Waals surface area (Å²) in [4.78, 5) is 16.8. The summed E-state index contributed by atoms with van der Waals surface area (Å²) in [6, 6.07) is 25.5. The van der Waals surface area contributed by atoms with Gasteiger partial charge in [-0.25, -0.2) is 0 Å². The predicted molar refractivity (Wildman–Crippen MR) is 163 cm³/mol. The summed E-state index contributed by atoms with van der Waals surface area (Å²) in [5.74, 6) is 1.67. The van der Waals surface area contributed by atoms with Gasteiger partial charge in [-0.1, -0.05) is 48.5 Å². The Kier molecular flexibility index (Phi) is 9.00. The lowest BCUT2D eigenvalue weighted by atomic mass is 9.69. The van der Waals surface area contributed by atoms with Crippen molar-refractivity contribution in [3.63, 3.8) is 0 Å². The number of ether oxygens (including phenoxy) is 2. The minimum atomic E-state index is -0.447. The number of nitrogens with zero attached hydrogens (tertiary/aromatic N) is 2. The third-order valence-corrected chi connectivity index (χ3v) is 8.35. The summed E-state index contributed by atoms with van der Waals surface area (Å²) in [6.45, 7) is 12.4. The lowest BCUT2D eigenvalue weighted by molar-refractivity contribution is -0.156. The van der Waals surface area contributed by atoms with Crippen LogP contribution in [0.4, 0.5) is 0 Å². The zero-order valence-electron chi connectivity index (χ0n) is 24.9. The molecule has 2 aliphatic rings. The molecule has 6 nitrogen and oxygen atoms in total. The number of benzene rings is 3. The van der Waals surface area contributed by atoms with Crippen LogP contribution in [0.2, 0.25) is 0 Å². The molecule has 3 aromatic rings. The highest BCUT2D eigenvalue weighted by atomic mass is 16.6. The van der Waals surface area contributed by atoms with Gasteiger partial charge < -0.3 is 14.6 Å². The largest absolute Gasteiger partial charge is 0.508 e. The molecule has 0 amide bonds. The average molecular weight is 557 g/mol. The van der Waals surface area contributed by atoms with Gasteiger partial charge in [0.1, 0.15) is 23.7 Å². The number of hydrogen-bond donors (Lipinski definition) is 1. The highest BCUT2D eigenvalue weighted by Crippen LogP contribution is 2.47. The average Bonchev–Trinajstić information content (AvgIpc) is 2.95. The number of carbonyl (C=O) groups excluding carboxylic acids is 1. The topological polar surface area (TPSA) is 62.2 Å². The van der Waals surface area contributed by atoms with Crippen LogP contribution in [-0.4, -0.2) is 71.8 Å². The molecule has 1 saturated heterocycles. The van der Waals surface area contributed by atoms with E-state index in [0.717, 1.165) is 44.8 Å². The number of phenolic OH excluding ortho intramolecular Hbond substituents is 1. The second-order valence-electron chi connectivity index (χ2n) is 12.5. The number of phenols is 1. The molecule has 1 N–H and O–H groups in total. The quantitative estimate of drug-likeness (QED) is 0.345. The first-order chi connectivity index (χ1) is 19.7. The van der Waals surface area contributed by atoms with Crippen LogP contribution < -0.4 is 4.74 Å². The molecule has 0 radical (unpaired) electrons. The van der Waals surface area contributed by atoms with Crippen LogP contribution in [0.5, 0.6) is 11.5 Å². The van der Waals surface area contributed by atoms with Crippen LogP contribution in [0, 0.1) is 0 Å². The van der Waals surface area contributed by atoms with E-state index >= 15 is 0 Å². The number of aryl methyl sites for hydroxylation is 1. The summed E-state index contributed by atoms with van der Waals surface area (Å²) in [5, 5.41) is 10.1. The molecule has 41 heavy (non-hydrogen) atoms. The molecule has 6 heteroatoms. The molecular weight excluding hydrogens is 512 g/mol. The molecule has 218 valence electrons. The van der Waals surface area contributed by atoms with E-state index in [-0.39, 0.29) is 17.9 Å². The van der Waals surface area contributed by atoms with Crippen molar-refractivity contribution in [2.24, 2.45) is 0 Å². The molecule has 3 unspecified atom stereocenters. The Morgan fingerprint density at radius 2 is 1.66 bits per heavy atom. The molecular formula is C35H44N2O4. The fraction of sp³-hybridized carbons (Fsp3) is 0.457. The summed E-state index contributed by atoms with van der Waals surface area (Å²) in [5.41, 5.74) is 4.72. The number of esters is 1. The molecule has 1 fully saturated rings. The maximum atomic E-state index is 12.2. The zero-order chi connectivity index (χ0) is 29.0. The number of rotatable bonds is 8. The van der Waals surface area contributed by atoms with Crippen molar-refractivity contribution in [3.05, 3.63) is 95.1 Å². The highest BCUT2D eigenvalue weighted by Gasteiger charge is 2.32. The van der Waals surface area contributed by atoms with E-state index in [4.69, 9.17) is 9.47 Å². The first-order valence-corrected chi connectivity index (χ1v) is 14.9. The fourth-order valence-electron chi connectivity index (χ4n) is 6.29. The Morgan fingerprint density at radius 3 is 2.34 bits per heavy atom. The van der Waals surface area contributed by atoms with Gasteiger partial charge in [-0.3, -0.25) is 14.6 Å². The van der Waals surface area contributed by atoms with Gasteiger partial charge in [0, 0.05) is 38.1 Å². The Balaban J connectivity index is 1.19. The van der Waals surface area contributed by atoms with Crippen molar-refractivity contribution in [2.45, 2.75) is 64.0 Å². The van der Waals surface area contributed by atoms with E-state index in [9.17, 15) is 9.90 Å². The third kappa shape index (κ3) is 7.49. The van der Waals surface area contributed by atoms with Crippen LogP contribution in [0.3, 0.4) is 0 Å². The van der Waals surface area contributed by atoms with Gasteiger partial charge in [0.15, 0.2) is 0 Å². The van der Waals surface area contributed by atoms with Gasteiger partial charge in [-0.2, -0.15) is 0 Å². The summed E-state index contributed by atoms with van der Waals surface area (Å²) in [6.07, 6.45) is 2.01. The van der Waals surface area contributed by atoms with Crippen molar-refractivity contribution in [1.29, 1.82) is 0 Å². The zero-order valence-corrected chi connectivity index (χ0v) is 24.9. The molecule has 1 aliphatic carbocycles. The number of piperazine rings is 1. The summed E-state index contributed by atoms with van der Waals surface area (Å²) < 4.78 is 11.7. The van der Waals surface area contributed by atoms with Crippen LogP contribution in [0.15, 0.2) is 72.8 Å². The Bertz CT molecular complexity index is 1290. The van der Waals surface area contributed by atoms with E-state index < -0.39 is 5.60 Å². The fourth-order valence-corrected chi connectivity index (χ4v) is 6.29. The van der Waals surface area contributed by atoms with Gasteiger partial charge in [0.2, 0.25) is 0 Å². The lowest BCUT2D eigenvalue weighted by Gasteiger charge is -2.37. The van der Waals surface area contributed by atoms with Gasteiger partial charge >= 0.3 is 5.97 Å². The van der Waals surface area contributed by atoms with E-state index in [1.807, 2.05) is 32.9 Å². The van der Waals surface area contributed by atoms with Gasteiger partial charge in [0.05, 0.1) is 6.54 Å². The first-order valence-electron chi connectivity index (χ1n) is 14.9.